The molecule has 0 radical (unpaired) electrons. The Morgan fingerprint density at radius 1 is 1.29 bits per heavy atom. The monoisotopic (exact) mass is 200 g/mol. The second kappa shape index (κ2) is 4.74. The van der Waals surface area contributed by atoms with E-state index in [4.69, 9.17) is 11.1 Å². The van der Waals surface area contributed by atoms with E-state index in [0.29, 0.717) is 0 Å². The molecular formula is C9H18N3O2+. The number of hydrogen-bond donors (Lipinski definition) is 2. The Balaban J connectivity index is 5.26. The lowest BCUT2D eigenvalue weighted by Gasteiger charge is -2.07. The van der Waals surface area contributed by atoms with Gasteiger partial charge in [-0.3, -0.25) is 15.5 Å². The largest absolute Gasteiger partial charge is 0.396 e. The first kappa shape index (κ1) is 12.6. The van der Waals surface area contributed by atoms with E-state index in [1.165, 1.54) is 0 Å². The van der Waals surface area contributed by atoms with Crippen molar-refractivity contribution in [1.29, 1.82) is 0 Å². The van der Waals surface area contributed by atoms with Crippen LogP contribution in [-0.2, 0) is 0 Å². The molecule has 0 unspecified atom stereocenters. The van der Waals surface area contributed by atoms with Gasteiger partial charge in [-0.05, 0) is 0 Å². The van der Waals surface area contributed by atoms with Crippen LogP contribution in [0.1, 0.15) is 27.7 Å². The van der Waals surface area contributed by atoms with E-state index >= 15 is 0 Å². The predicted octanol–water partition coefficient (Wildman–Crippen LogP) is -0.0545. The molecule has 0 aromatic carbocycles. The number of allylic oxidation sites excluding steroid dienone is 2. The molecule has 0 aliphatic heterocycles. The summed E-state index contributed by atoms with van der Waals surface area (Å²) in [7, 11) is 0. The number of nitro groups is 1. The van der Waals surface area contributed by atoms with Crippen LogP contribution in [-0.4, -0.2) is 10.6 Å². The number of rotatable bonds is 4. The molecule has 0 fully saturated rings. The molecule has 0 atom stereocenters. The fraction of sp³-hybridized carbons (Fsp3) is 0.667. The second-order valence-corrected chi connectivity index (χ2v) is 3.83. The van der Waals surface area contributed by atoms with Gasteiger partial charge in [-0.15, -0.1) is 0 Å². The topological polar surface area (TPSA) is 94.8 Å². The van der Waals surface area contributed by atoms with Crippen molar-refractivity contribution < 1.29 is 10.3 Å². The molecule has 4 N–H and O–H groups in total. The van der Waals surface area contributed by atoms with E-state index in [9.17, 15) is 10.1 Å². The molecule has 0 amide bonds. The molecule has 0 rings (SSSR count). The Labute approximate surface area is 83.6 Å². The quantitative estimate of drug-likeness (QED) is 0.378. The number of nitrogens with two attached hydrogens (primary N) is 2. The fourth-order valence-electron chi connectivity index (χ4n) is 0.924. The molecule has 5 heteroatoms. The smallest absolute Gasteiger partial charge is 0.353 e. The summed E-state index contributed by atoms with van der Waals surface area (Å²) >= 11 is 0. The summed E-state index contributed by atoms with van der Waals surface area (Å²) < 4.78 is 0. The molecule has 0 bridgehead atoms. The second-order valence-electron chi connectivity index (χ2n) is 3.83. The Kier molecular flexibility index (Phi) is 4.27. The third-order valence-electron chi connectivity index (χ3n) is 1.97. The van der Waals surface area contributed by atoms with E-state index in [1.807, 2.05) is 0 Å². The van der Waals surface area contributed by atoms with Gasteiger partial charge < -0.3 is 5.73 Å². The minimum atomic E-state index is -0.509. The van der Waals surface area contributed by atoms with Crippen LogP contribution in [0.25, 0.3) is 0 Å². The normalized spacial score (nSPS) is 13.0. The summed E-state index contributed by atoms with van der Waals surface area (Å²) in [5, 5.41) is 16.4. The summed E-state index contributed by atoms with van der Waals surface area (Å²) in [6.45, 7) is 7.19. The van der Waals surface area contributed by atoms with Crippen LogP contribution in [0.2, 0.25) is 0 Å². The van der Waals surface area contributed by atoms with Gasteiger partial charge in [-0.2, -0.15) is 0 Å². The lowest BCUT2D eigenvalue weighted by Crippen LogP contribution is -2.46. The third kappa shape index (κ3) is 2.83. The van der Waals surface area contributed by atoms with Crippen molar-refractivity contribution in [2.75, 3.05) is 0 Å². The standard InChI is InChI=1S/C9H17N3O2/c1-5(2)7(10)9(12(13)14)8(11)6(3)4/h5-6,10H,11H2,1-4H3/p+1/b9-8+,10-7?. The molecule has 0 saturated carbocycles. The van der Waals surface area contributed by atoms with Crippen LogP contribution in [0.3, 0.4) is 0 Å². The van der Waals surface area contributed by atoms with Crippen LogP contribution in [0.15, 0.2) is 11.4 Å². The first-order chi connectivity index (χ1) is 6.29. The molecular weight excluding hydrogens is 182 g/mol. The Bertz CT molecular complexity index is 280. The van der Waals surface area contributed by atoms with Crippen molar-refractivity contribution >= 4 is 5.71 Å². The minimum absolute atomic E-state index is 0.0762. The number of nitrogens with zero attached hydrogens (tertiary/aromatic N) is 1. The summed E-state index contributed by atoms with van der Waals surface area (Å²) in [6, 6.07) is 0. The third-order valence-corrected chi connectivity index (χ3v) is 1.97. The molecule has 80 valence electrons. The van der Waals surface area contributed by atoms with Gasteiger partial charge in [0, 0.05) is 11.8 Å². The van der Waals surface area contributed by atoms with Gasteiger partial charge in [0.2, 0.25) is 0 Å². The van der Waals surface area contributed by atoms with Crippen molar-refractivity contribution in [1.82, 2.24) is 0 Å². The Morgan fingerprint density at radius 3 is 1.93 bits per heavy atom. The summed E-state index contributed by atoms with van der Waals surface area (Å²) in [6.07, 6.45) is 0. The zero-order chi connectivity index (χ0) is 11.5. The van der Waals surface area contributed by atoms with E-state index in [2.05, 4.69) is 0 Å². The van der Waals surface area contributed by atoms with Gasteiger partial charge in [0.1, 0.15) is 0 Å². The van der Waals surface area contributed by atoms with Crippen molar-refractivity contribution in [3.63, 3.8) is 0 Å². The Morgan fingerprint density at radius 2 is 1.71 bits per heavy atom. The van der Waals surface area contributed by atoms with Crippen LogP contribution in [0.5, 0.6) is 0 Å². The molecule has 0 aromatic heterocycles. The van der Waals surface area contributed by atoms with Gasteiger partial charge in [0.25, 0.3) is 5.71 Å². The average molecular weight is 200 g/mol. The van der Waals surface area contributed by atoms with Gasteiger partial charge in [-0.25, -0.2) is 0 Å². The molecule has 0 aliphatic rings. The van der Waals surface area contributed by atoms with Crippen LogP contribution < -0.4 is 11.1 Å². The van der Waals surface area contributed by atoms with Gasteiger partial charge >= 0.3 is 5.70 Å². The summed E-state index contributed by atoms with van der Waals surface area (Å²) in [5.74, 6) is -0.152. The highest BCUT2D eigenvalue weighted by atomic mass is 16.6. The maximum Gasteiger partial charge on any atom is 0.353 e. The Hall–Kier alpha value is -1.39. The minimum Gasteiger partial charge on any atom is -0.396 e. The number of hydrogen-bond acceptors (Lipinski definition) is 3. The van der Waals surface area contributed by atoms with Crippen molar-refractivity contribution in [3.8, 4) is 0 Å². The summed E-state index contributed by atoms with van der Waals surface area (Å²) in [5.41, 5.74) is 5.98. The van der Waals surface area contributed by atoms with E-state index < -0.39 is 4.92 Å². The molecule has 0 spiro atoms. The maximum absolute atomic E-state index is 10.8. The molecule has 0 aliphatic carbocycles. The highest BCUT2D eigenvalue weighted by Crippen LogP contribution is 2.13. The lowest BCUT2D eigenvalue weighted by atomic mass is 10.0. The molecule has 5 nitrogen and oxygen atoms in total. The molecule has 0 saturated heterocycles. The highest BCUT2D eigenvalue weighted by molar-refractivity contribution is 5.95. The lowest BCUT2D eigenvalue weighted by molar-refractivity contribution is -0.420. The van der Waals surface area contributed by atoms with Gasteiger partial charge in [0.15, 0.2) is 0 Å². The zero-order valence-corrected chi connectivity index (χ0v) is 9.07. The van der Waals surface area contributed by atoms with Crippen molar-refractivity contribution in [2.24, 2.45) is 17.6 Å². The maximum atomic E-state index is 10.8. The van der Waals surface area contributed by atoms with Crippen molar-refractivity contribution in [2.45, 2.75) is 27.7 Å². The molecule has 0 aromatic rings. The van der Waals surface area contributed by atoms with E-state index in [0.717, 1.165) is 0 Å². The van der Waals surface area contributed by atoms with Gasteiger partial charge in [-0.1, -0.05) is 27.7 Å². The molecule has 0 heterocycles. The zero-order valence-electron chi connectivity index (χ0n) is 9.07. The predicted molar refractivity (Wildman–Crippen MR) is 54.8 cm³/mol. The van der Waals surface area contributed by atoms with E-state index in [1.54, 1.807) is 27.7 Å². The first-order valence-electron chi connectivity index (χ1n) is 4.55. The van der Waals surface area contributed by atoms with E-state index in [-0.39, 0.29) is 28.9 Å². The van der Waals surface area contributed by atoms with Crippen LogP contribution in [0, 0.1) is 22.0 Å². The van der Waals surface area contributed by atoms with Gasteiger partial charge in [0.05, 0.1) is 10.6 Å². The highest BCUT2D eigenvalue weighted by Gasteiger charge is 2.30. The average Bonchev–Trinajstić information content (AvgIpc) is 2.03. The first-order valence-corrected chi connectivity index (χ1v) is 4.55. The summed E-state index contributed by atoms with van der Waals surface area (Å²) in [4.78, 5) is 10.2. The van der Waals surface area contributed by atoms with Crippen LogP contribution in [0.4, 0.5) is 0 Å². The SMILES string of the molecule is CC(C)C(=[NH2+])/C(=C(\N)C(C)C)[N+](=O)[O-]. The van der Waals surface area contributed by atoms with Crippen molar-refractivity contribution in [3.05, 3.63) is 21.5 Å². The fourth-order valence-corrected chi connectivity index (χ4v) is 0.924. The molecule has 14 heavy (non-hydrogen) atoms. The van der Waals surface area contributed by atoms with Crippen LogP contribution >= 0.6 is 0 Å².